The van der Waals surface area contributed by atoms with Crippen LogP contribution in [0.5, 0.6) is 0 Å². The van der Waals surface area contributed by atoms with Crippen LogP contribution in [-0.2, 0) is 11.3 Å². The third kappa shape index (κ3) is 2.52. The van der Waals surface area contributed by atoms with Gasteiger partial charge in [0.05, 0.1) is 6.61 Å². The highest BCUT2D eigenvalue weighted by Crippen LogP contribution is 2.26. The summed E-state index contributed by atoms with van der Waals surface area (Å²) in [5, 5.41) is 4.28. The molecule has 0 amide bonds. The number of ether oxygens (including phenoxy) is 1. The van der Waals surface area contributed by atoms with Crippen molar-refractivity contribution in [3.8, 4) is 0 Å². The van der Waals surface area contributed by atoms with Gasteiger partial charge < -0.3 is 4.74 Å². The van der Waals surface area contributed by atoms with Gasteiger partial charge >= 0.3 is 0 Å². The first kappa shape index (κ1) is 11.0. The molecule has 3 nitrogen and oxygen atoms in total. The highest BCUT2D eigenvalue weighted by molar-refractivity contribution is 8.22. The monoisotopic (exact) mass is 242 g/mol. The molecule has 5 heteroatoms. The Morgan fingerprint density at radius 2 is 2.67 bits per heavy atom. The molecule has 0 aliphatic carbocycles. The van der Waals surface area contributed by atoms with Crippen molar-refractivity contribution in [3.05, 3.63) is 18.0 Å². The van der Waals surface area contributed by atoms with Crippen LogP contribution in [-0.4, -0.2) is 27.0 Å². The number of rotatable bonds is 2. The van der Waals surface area contributed by atoms with E-state index in [1.807, 2.05) is 12.5 Å². The summed E-state index contributed by atoms with van der Waals surface area (Å²) in [4.78, 5) is 0. The summed E-state index contributed by atoms with van der Waals surface area (Å²) < 4.78 is 8.21. The third-order valence-corrected chi connectivity index (χ3v) is 3.73. The molecule has 1 aliphatic heterocycles. The lowest BCUT2D eigenvalue weighted by Crippen LogP contribution is -2.20. The lowest BCUT2D eigenvalue weighted by molar-refractivity contribution is 0.258. The first-order chi connectivity index (χ1) is 7.31. The fraction of sp³-hybridized carbons (Fsp3) is 0.600. The molecule has 1 unspecified atom stereocenters. The highest BCUT2D eigenvalue weighted by Gasteiger charge is 2.21. The Hall–Kier alpha value is -0.550. The van der Waals surface area contributed by atoms with E-state index >= 15 is 0 Å². The van der Waals surface area contributed by atoms with Crippen LogP contribution in [0.4, 0.5) is 0 Å². The van der Waals surface area contributed by atoms with Crippen molar-refractivity contribution in [3.63, 3.8) is 0 Å². The molecule has 0 fully saturated rings. The van der Waals surface area contributed by atoms with Gasteiger partial charge in [0.1, 0.15) is 0 Å². The van der Waals surface area contributed by atoms with E-state index in [9.17, 15) is 0 Å². The van der Waals surface area contributed by atoms with E-state index in [1.54, 1.807) is 0 Å². The van der Waals surface area contributed by atoms with Gasteiger partial charge in [0, 0.05) is 24.4 Å². The van der Waals surface area contributed by atoms with E-state index in [1.165, 1.54) is 30.3 Å². The van der Waals surface area contributed by atoms with Gasteiger partial charge in [0.2, 0.25) is 4.38 Å². The maximum Gasteiger partial charge on any atom is 0.219 e. The molecular weight excluding hydrogens is 228 g/mol. The van der Waals surface area contributed by atoms with Crippen molar-refractivity contribution >= 4 is 28.4 Å². The Morgan fingerprint density at radius 3 is 3.47 bits per heavy atom. The number of nitrogens with zero attached hydrogens (tertiary/aromatic N) is 2. The normalized spacial score (nSPS) is 19.7. The van der Waals surface area contributed by atoms with Crippen LogP contribution >= 0.6 is 24.0 Å². The summed E-state index contributed by atoms with van der Waals surface area (Å²) in [5.74, 6) is 0.450. The molecule has 2 heterocycles. The number of hydrogen-bond donors (Lipinski definition) is 0. The molecule has 2 rings (SSSR count). The number of fused-ring (bicyclic) bond motifs is 1. The van der Waals surface area contributed by atoms with E-state index < -0.39 is 0 Å². The van der Waals surface area contributed by atoms with Crippen molar-refractivity contribution in [2.45, 2.75) is 25.3 Å². The second-order valence-electron chi connectivity index (χ2n) is 3.58. The predicted molar refractivity (Wildman–Crippen MR) is 66.3 cm³/mol. The van der Waals surface area contributed by atoms with E-state index in [4.69, 9.17) is 17.0 Å². The van der Waals surface area contributed by atoms with Gasteiger partial charge in [-0.05, 0) is 37.4 Å². The van der Waals surface area contributed by atoms with Gasteiger partial charge in [-0.15, -0.1) is 0 Å². The first-order valence-electron chi connectivity index (χ1n) is 5.03. The number of thiocarbonyl (C=S) groups is 1. The molecule has 0 saturated carbocycles. The minimum atomic E-state index is 0.450. The lowest BCUT2D eigenvalue weighted by atomic mass is 9.97. The van der Waals surface area contributed by atoms with Crippen molar-refractivity contribution in [2.75, 3.05) is 12.9 Å². The molecule has 0 radical (unpaired) electrons. The third-order valence-electron chi connectivity index (χ3n) is 2.66. The lowest BCUT2D eigenvalue weighted by Gasteiger charge is -2.23. The Bertz CT molecular complexity index is 351. The van der Waals surface area contributed by atoms with Gasteiger partial charge in [0.15, 0.2) is 0 Å². The van der Waals surface area contributed by atoms with Crippen LogP contribution in [0.15, 0.2) is 12.3 Å². The second kappa shape index (κ2) is 4.99. The Balaban J connectivity index is 1.97. The van der Waals surface area contributed by atoms with Crippen molar-refractivity contribution < 1.29 is 4.74 Å². The zero-order valence-corrected chi connectivity index (χ0v) is 10.3. The summed E-state index contributed by atoms with van der Waals surface area (Å²) in [6.07, 6.45) is 6.14. The zero-order valence-electron chi connectivity index (χ0n) is 8.68. The molecule has 0 aromatic carbocycles. The molecule has 1 aliphatic rings. The quantitative estimate of drug-likeness (QED) is 0.744. The Morgan fingerprint density at radius 1 is 1.80 bits per heavy atom. The summed E-state index contributed by atoms with van der Waals surface area (Å²) in [6, 6.07) is 2.08. The summed E-state index contributed by atoms with van der Waals surface area (Å²) in [6.45, 7) is 1.72. The molecule has 1 aromatic heterocycles. The Labute approximate surface area is 99.2 Å². The fourth-order valence-corrected chi connectivity index (χ4v) is 2.16. The topological polar surface area (TPSA) is 27.1 Å². The molecule has 0 spiro atoms. The summed E-state index contributed by atoms with van der Waals surface area (Å²) in [5.41, 5.74) is 1.28. The average Bonchev–Trinajstić information content (AvgIpc) is 2.74. The molecule has 0 bridgehead atoms. The van der Waals surface area contributed by atoms with E-state index in [-0.39, 0.29) is 0 Å². The average molecular weight is 242 g/mol. The van der Waals surface area contributed by atoms with Gasteiger partial charge in [0.25, 0.3) is 0 Å². The van der Waals surface area contributed by atoms with Gasteiger partial charge in [-0.1, -0.05) is 11.8 Å². The molecule has 1 atom stereocenters. The van der Waals surface area contributed by atoms with Crippen LogP contribution in [0.3, 0.4) is 0 Å². The highest BCUT2D eigenvalue weighted by atomic mass is 32.2. The largest absolute Gasteiger partial charge is 0.478 e. The molecular formula is C10H14N2OS2. The van der Waals surface area contributed by atoms with Crippen LogP contribution in [0.25, 0.3) is 0 Å². The van der Waals surface area contributed by atoms with Gasteiger partial charge in [-0.25, -0.2) is 0 Å². The van der Waals surface area contributed by atoms with Gasteiger partial charge in [-0.3, -0.25) is 4.68 Å². The Kier molecular flexibility index (Phi) is 3.64. The molecule has 15 heavy (non-hydrogen) atoms. The second-order valence-corrected chi connectivity index (χ2v) is 4.99. The van der Waals surface area contributed by atoms with Crippen molar-refractivity contribution in [1.82, 2.24) is 9.78 Å². The standard InChI is InChI=1S/C10H14N2OS2/c1-15-10(14)13-7-8-3-2-6-12-9(8)4-5-11-12/h4-5,8H,2-3,6-7H2,1H3. The van der Waals surface area contributed by atoms with Crippen molar-refractivity contribution in [1.29, 1.82) is 0 Å². The number of hydrogen-bond acceptors (Lipinski definition) is 4. The number of thioether (sulfide) groups is 1. The maximum absolute atomic E-state index is 5.51. The summed E-state index contributed by atoms with van der Waals surface area (Å²) in [7, 11) is 0. The minimum absolute atomic E-state index is 0.450. The van der Waals surface area contributed by atoms with Crippen LogP contribution in [0, 0.1) is 0 Å². The predicted octanol–water partition coefficient (Wildman–Crippen LogP) is 2.43. The van der Waals surface area contributed by atoms with E-state index in [2.05, 4.69) is 15.8 Å². The van der Waals surface area contributed by atoms with E-state index in [0.29, 0.717) is 16.9 Å². The fourth-order valence-electron chi connectivity index (χ4n) is 1.91. The van der Waals surface area contributed by atoms with Crippen LogP contribution < -0.4 is 0 Å². The SMILES string of the molecule is CSC(=S)OCC1CCCn2nccc21. The first-order valence-corrected chi connectivity index (χ1v) is 6.67. The minimum Gasteiger partial charge on any atom is -0.478 e. The number of aryl methyl sites for hydroxylation is 1. The zero-order chi connectivity index (χ0) is 10.7. The van der Waals surface area contributed by atoms with Crippen LogP contribution in [0.2, 0.25) is 0 Å². The smallest absolute Gasteiger partial charge is 0.219 e. The number of aromatic nitrogens is 2. The maximum atomic E-state index is 5.51. The van der Waals surface area contributed by atoms with E-state index in [0.717, 1.165) is 6.54 Å². The molecule has 0 N–H and O–H groups in total. The molecule has 0 saturated heterocycles. The van der Waals surface area contributed by atoms with Gasteiger partial charge in [-0.2, -0.15) is 5.10 Å². The summed E-state index contributed by atoms with van der Waals surface area (Å²) >= 11 is 6.50. The van der Waals surface area contributed by atoms with Crippen molar-refractivity contribution in [2.24, 2.45) is 0 Å². The molecule has 82 valence electrons. The molecule has 1 aromatic rings. The van der Waals surface area contributed by atoms with Crippen LogP contribution in [0.1, 0.15) is 24.5 Å².